The van der Waals surface area contributed by atoms with Crippen LogP contribution in [0.2, 0.25) is 0 Å². The quantitative estimate of drug-likeness (QED) is 0.626. The number of benzene rings is 1. The molecule has 1 aliphatic heterocycles. The van der Waals surface area contributed by atoms with Gasteiger partial charge in [0.25, 0.3) is 5.91 Å². The number of carbonyl (C=O) groups excluding carboxylic acids is 1. The molecule has 1 fully saturated rings. The number of H-pyrrole nitrogens is 1. The molecule has 30 heavy (non-hydrogen) atoms. The van der Waals surface area contributed by atoms with Crippen LogP contribution in [-0.2, 0) is 10.0 Å². The third-order valence-electron chi connectivity index (χ3n) is 5.43. The van der Waals surface area contributed by atoms with Crippen molar-refractivity contribution in [3.05, 3.63) is 40.2 Å². The van der Waals surface area contributed by atoms with Gasteiger partial charge in [-0.05, 0) is 51.1 Å². The smallest absolute Gasteiger partial charge is 0.252 e. The van der Waals surface area contributed by atoms with Gasteiger partial charge in [-0.2, -0.15) is 4.31 Å². The molecule has 0 bridgehead atoms. The highest BCUT2D eigenvalue weighted by Gasteiger charge is 2.27. The Morgan fingerprint density at radius 1 is 1.20 bits per heavy atom. The summed E-state index contributed by atoms with van der Waals surface area (Å²) in [6.07, 6.45) is 3.90. The van der Waals surface area contributed by atoms with Crippen LogP contribution in [-0.4, -0.2) is 68.3 Å². The summed E-state index contributed by atoms with van der Waals surface area (Å²) in [7, 11) is -1.62. The first kappa shape index (κ1) is 22.5. The Balaban J connectivity index is 1.84. The third-order valence-corrected chi connectivity index (χ3v) is 7.33. The Labute approximate surface area is 177 Å². The lowest BCUT2D eigenvalue weighted by molar-refractivity contribution is 0.0951. The van der Waals surface area contributed by atoms with Gasteiger partial charge in [0, 0.05) is 43.1 Å². The number of hydrogen-bond acceptors (Lipinski definition) is 5. The van der Waals surface area contributed by atoms with E-state index in [0.29, 0.717) is 37.1 Å². The van der Waals surface area contributed by atoms with Gasteiger partial charge in [-0.3, -0.25) is 9.59 Å². The van der Waals surface area contributed by atoms with Gasteiger partial charge >= 0.3 is 0 Å². The van der Waals surface area contributed by atoms with Crippen LogP contribution in [0.5, 0.6) is 0 Å². The zero-order valence-electron chi connectivity index (χ0n) is 17.6. The van der Waals surface area contributed by atoms with E-state index < -0.39 is 15.6 Å². The topological polar surface area (TPSA) is 103 Å². The lowest BCUT2D eigenvalue weighted by atomic mass is 10.1. The number of pyridine rings is 1. The van der Waals surface area contributed by atoms with Crippen LogP contribution in [0.15, 0.2) is 34.0 Å². The molecular weight excluding hydrogens is 404 g/mol. The first-order chi connectivity index (χ1) is 14.3. The first-order valence-electron chi connectivity index (χ1n) is 10.5. The number of likely N-dealkylation sites (N-methyl/N-ethyl adjacent to an activating group) is 1. The number of sulfonamides is 1. The van der Waals surface area contributed by atoms with Gasteiger partial charge in [0.2, 0.25) is 15.6 Å². The number of nitrogens with zero attached hydrogens (tertiary/aromatic N) is 2. The second-order valence-electron chi connectivity index (χ2n) is 7.78. The van der Waals surface area contributed by atoms with Crippen LogP contribution in [0.25, 0.3) is 10.9 Å². The number of unbranched alkanes of at least 4 members (excludes halogenated alkanes) is 1. The molecule has 0 spiro atoms. The van der Waals surface area contributed by atoms with Crippen molar-refractivity contribution < 1.29 is 13.2 Å². The molecule has 2 aromatic rings. The zero-order chi connectivity index (χ0) is 21.7. The van der Waals surface area contributed by atoms with Gasteiger partial charge in [-0.1, -0.05) is 13.3 Å². The largest absolute Gasteiger partial charge is 0.351 e. The molecule has 8 nitrogen and oxygen atoms in total. The Kier molecular flexibility index (Phi) is 7.27. The fourth-order valence-electron chi connectivity index (χ4n) is 3.65. The molecule has 2 heterocycles. The Hall–Kier alpha value is -2.23. The van der Waals surface area contributed by atoms with E-state index in [1.54, 1.807) is 6.07 Å². The molecule has 0 aliphatic carbocycles. The van der Waals surface area contributed by atoms with Gasteiger partial charge in [-0.15, -0.1) is 0 Å². The maximum Gasteiger partial charge on any atom is 0.252 e. The van der Waals surface area contributed by atoms with E-state index in [2.05, 4.69) is 22.1 Å². The molecule has 1 amide bonds. The van der Waals surface area contributed by atoms with Crippen LogP contribution < -0.4 is 10.9 Å². The van der Waals surface area contributed by atoms with E-state index in [4.69, 9.17) is 0 Å². The summed E-state index contributed by atoms with van der Waals surface area (Å²) in [5.74, 6) is -0.384. The second kappa shape index (κ2) is 9.72. The van der Waals surface area contributed by atoms with Crippen LogP contribution >= 0.6 is 0 Å². The number of amides is 1. The van der Waals surface area contributed by atoms with Gasteiger partial charge in [-0.25, -0.2) is 8.42 Å². The van der Waals surface area contributed by atoms with Crippen molar-refractivity contribution in [3.63, 3.8) is 0 Å². The fraction of sp³-hybridized carbons (Fsp3) is 0.524. The predicted octanol–water partition coefficient (Wildman–Crippen LogP) is 1.77. The molecule has 0 unspecified atom stereocenters. The molecule has 1 aromatic carbocycles. The minimum atomic E-state index is -3.62. The number of aromatic amines is 1. The summed E-state index contributed by atoms with van der Waals surface area (Å²) in [6.45, 7) is 5.24. The molecule has 164 valence electrons. The van der Waals surface area contributed by atoms with Gasteiger partial charge in [0.1, 0.15) is 0 Å². The average molecular weight is 435 g/mol. The number of rotatable bonds is 9. The molecule has 0 saturated carbocycles. The minimum Gasteiger partial charge on any atom is -0.351 e. The summed E-state index contributed by atoms with van der Waals surface area (Å²) >= 11 is 0. The molecule has 0 radical (unpaired) electrons. The predicted molar refractivity (Wildman–Crippen MR) is 117 cm³/mol. The molecule has 1 aliphatic rings. The van der Waals surface area contributed by atoms with Crippen molar-refractivity contribution in [2.24, 2.45) is 0 Å². The maximum absolute atomic E-state index is 12.9. The van der Waals surface area contributed by atoms with E-state index in [-0.39, 0.29) is 16.4 Å². The van der Waals surface area contributed by atoms with Crippen molar-refractivity contribution in [1.29, 1.82) is 0 Å². The molecule has 3 rings (SSSR count). The maximum atomic E-state index is 12.9. The van der Waals surface area contributed by atoms with E-state index in [1.165, 1.54) is 22.5 Å². The number of nitrogens with one attached hydrogen (secondary N) is 2. The van der Waals surface area contributed by atoms with Crippen LogP contribution in [0.4, 0.5) is 0 Å². The van der Waals surface area contributed by atoms with Crippen molar-refractivity contribution in [2.45, 2.75) is 37.5 Å². The third kappa shape index (κ3) is 5.08. The standard InChI is InChI=1S/C21H30N4O4S/c1-3-4-10-24(2)13-9-22-21(27)18-15-20(26)23-19-8-7-16(14-17(18)19)30(28,29)25-11-5-6-12-25/h7-8,14-15H,3-6,9-13H2,1-2H3,(H,22,27)(H,23,26). The number of hydrogen-bond donors (Lipinski definition) is 2. The lowest BCUT2D eigenvalue weighted by Crippen LogP contribution is -2.34. The summed E-state index contributed by atoms with van der Waals surface area (Å²) < 4.78 is 27.3. The first-order valence-corrected chi connectivity index (χ1v) is 11.9. The van der Waals surface area contributed by atoms with E-state index in [9.17, 15) is 18.0 Å². The fourth-order valence-corrected chi connectivity index (χ4v) is 5.20. The highest BCUT2D eigenvalue weighted by atomic mass is 32.2. The summed E-state index contributed by atoms with van der Waals surface area (Å²) in [5.41, 5.74) is 0.222. The number of fused-ring (bicyclic) bond motifs is 1. The van der Waals surface area contributed by atoms with E-state index in [0.717, 1.165) is 32.2 Å². The highest BCUT2D eigenvalue weighted by Crippen LogP contribution is 2.25. The van der Waals surface area contributed by atoms with Crippen molar-refractivity contribution in [1.82, 2.24) is 19.5 Å². The molecule has 2 N–H and O–H groups in total. The zero-order valence-corrected chi connectivity index (χ0v) is 18.4. The summed E-state index contributed by atoms with van der Waals surface area (Å²) in [5, 5.41) is 3.27. The molecular formula is C21H30N4O4S. The van der Waals surface area contributed by atoms with Gasteiger partial charge in [0.15, 0.2) is 0 Å². The van der Waals surface area contributed by atoms with Crippen LogP contribution in [0.3, 0.4) is 0 Å². The normalized spacial score (nSPS) is 15.2. The van der Waals surface area contributed by atoms with Crippen LogP contribution in [0.1, 0.15) is 43.0 Å². The molecule has 9 heteroatoms. The van der Waals surface area contributed by atoms with E-state index >= 15 is 0 Å². The van der Waals surface area contributed by atoms with Crippen molar-refractivity contribution in [3.8, 4) is 0 Å². The number of aromatic nitrogens is 1. The SMILES string of the molecule is CCCCN(C)CCNC(=O)c1cc(=O)[nH]c2ccc(S(=O)(=O)N3CCCC3)cc12. The Bertz CT molecular complexity index is 1060. The molecule has 1 aromatic heterocycles. The van der Waals surface area contributed by atoms with Gasteiger partial charge < -0.3 is 15.2 Å². The Morgan fingerprint density at radius 3 is 2.63 bits per heavy atom. The van der Waals surface area contributed by atoms with Crippen molar-refractivity contribution >= 4 is 26.8 Å². The molecule has 1 saturated heterocycles. The highest BCUT2D eigenvalue weighted by molar-refractivity contribution is 7.89. The molecule has 0 atom stereocenters. The minimum absolute atomic E-state index is 0.136. The monoisotopic (exact) mass is 434 g/mol. The van der Waals surface area contributed by atoms with E-state index in [1.807, 2.05) is 7.05 Å². The van der Waals surface area contributed by atoms with Crippen LogP contribution in [0, 0.1) is 0 Å². The number of carbonyl (C=O) groups is 1. The summed E-state index contributed by atoms with van der Waals surface area (Å²) in [6, 6.07) is 5.75. The second-order valence-corrected chi connectivity index (χ2v) is 9.72. The lowest BCUT2D eigenvalue weighted by Gasteiger charge is -2.17. The Morgan fingerprint density at radius 2 is 1.93 bits per heavy atom. The van der Waals surface area contributed by atoms with Crippen molar-refractivity contribution in [2.75, 3.05) is 39.8 Å². The summed E-state index contributed by atoms with van der Waals surface area (Å²) in [4.78, 5) is 29.8. The van der Waals surface area contributed by atoms with Gasteiger partial charge in [0.05, 0.1) is 10.5 Å². The average Bonchev–Trinajstić information content (AvgIpc) is 3.27.